The molecule has 1 aromatic carbocycles. The van der Waals surface area contributed by atoms with Crippen LogP contribution in [0.5, 0.6) is 5.75 Å². The fraction of sp³-hybridized carbons (Fsp3) is 0.500. The average Bonchev–Trinajstić information content (AvgIpc) is 3.03. The van der Waals surface area contributed by atoms with Crippen molar-refractivity contribution in [1.82, 2.24) is 4.90 Å². The number of furan rings is 1. The maximum Gasteiger partial charge on any atom is 0.134 e. The Morgan fingerprint density at radius 3 is 2.96 bits per heavy atom. The first kappa shape index (κ1) is 15.7. The van der Waals surface area contributed by atoms with Crippen molar-refractivity contribution in [3.63, 3.8) is 0 Å². The molecule has 3 atom stereocenters. The van der Waals surface area contributed by atoms with Crippen molar-refractivity contribution < 1.29 is 13.9 Å². The number of benzene rings is 1. The zero-order valence-corrected chi connectivity index (χ0v) is 14.4. The van der Waals surface area contributed by atoms with Crippen molar-refractivity contribution in [3.8, 4) is 5.75 Å². The smallest absolute Gasteiger partial charge is 0.134 e. The second-order valence-corrected chi connectivity index (χ2v) is 6.95. The van der Waals surface area contributed by atoms with Gasteiger partial charge in [0, 0.05) is 37.5 Å². The molecule has 0 radical (unpaired) electrons. The summed E-state index contributed by atoms with van der Waals surface area (Å²) >= 11 is 0. The average molecular weight is 327 g/mol. The summed E-state index contributed by atoms with van der Waals surface area (Å²) in [6, 6.07) is 6.52. The maximum absolute atomic E-state index is 5.70. The lowest BCUT2D eigenvalue weighted by Crippen LogP contribution is -2.52. The Morgan fingerprint density at radius 2 is 2.17 bits per heavy atom. The van der Waals surface area contributed by atoms with Gasteiger partial charge in [0.2, 0.25) is 0 Å². The van der Waals surface area contributed by atoms with Crippen LogP contribution in [0.4, 0.5) is 0 Å². The lowest BCUT2D eigenvalue weighted by atomic mass is 9.78. The van der Waals surface area contributed by atoms with Crippen molar-refractivity contribution in [3.05, 3.63) is 42.2 Å². The van der Waals surface area contributed by atoms with Gasteiger partial charge in [0.15, 0.2) is 0 Å². The highest BCUT2D eigenvalue weighted by Crippen LogP contribution is 2.35. The van der Waals surface area contributed by atoms with Crippen LogP contribution in [0.25, 0.3) is 11.0 Å². The summed E-state index contributed by atoms with van der Waals surface area (Å²) < 4.78 is 16.5. The highest BCUT2D eigenvalue weighted by atomic mass is 16.5. The van der Waals surface area contributed by atoms with Gasteiger partial charge in [-0.05, 0) is 42.5 Å². The molecule has 3 aliphatic rings. The molecular formula is C20H25NO3. The van der Waals surface area contributed by atoms with Gasteiger partial charge in [-0.25, -0.2) is 0 Å². The van der Waals surface area contributed by atoms with Crippen molar-refractivity contribution in [2.24, 2.45) is 11.8 Å². The molecule has 3 heterocycles. The molecule has 128 valence electrons. The van der Waals surface area contributed by atoms with Gasteiger partial charge >= 0.3 is 0 Å². The highest BCUT2D eigenvalue weighted by molar-refractivity contribution is 5.82. The molecule has 2 aliphatic heterocycles. The third-order valence-corrected chi connectivity index (χ3v) is 5.47. The standard InChI is InChI=1S/C20H25NO3/c1-22-12-16-9-14-3-5-19(16)21(11-14)8-7-15-13-24-20-6-4-17(23-2)10-18(15)20/h3-6,10,13-14,16,19H,7-9,11-12H2,1-2H3. The van der Waals surface area contributed by atoms with Crippen LogP contribution in [0, 0.1) is 11.8 Å². The fourth-order valence-electron chi connectivity index (χ4n) is 4.28. The Bertz CT molecular complexity index is 736. The number of piperidine rings is 1. The Labute approximate surface area is 143 Å². The van der Waals surface area contributed by atoms with E-state index in [2.05, 4.69) is 23.1 Å². The van der Waals surface area contributed by atoms with Gasteiger partial charge < -0.3 is 13.9 Å². The molecule has 0 amide bonds. The topological polar surface area (TPSA) is 34.8 Å². The Kier molecular flexibility index (Phi) is 4.33. The lowest BCUT2D eigenvalue weighted by Gasteiger charge is -2.46. The molecule has 5 rings (SSSR count). The number of methoxy groups -OCH3 is 2. The van der Waals surface area contributed by atoms with Crippen molar-refractivity contribution in [2.45, 2.75) is 18.9 Å². The molecule has 2 aromatic rings. The van der Waals surface area contributed by atoms with E-state index in [1.165, 1.54) is 23.9 Å². The molecule has 1 aliphatic carbocycles. The quantitative estimate of drug-likeness (QED) is 0.761. The number of nitrogens with zero attached hydrogens (tertiary/aromatic N) is 1. The Balaban J connectivity index is 1.48. The van der Waals surface area contributed by atoms with Crippen LogP contribution in [0.15, 0.2) is 41.0 Å². The van der Waals surface area contributed by atoms with E-state index in [4.69, 9.17) is 13.9 Å². The van der Waals surface area contributed by atoms with E-state index in [9.17, 15) is 0 Å². The second-order valence-electron chi connectivity index (χ2n) is 6.95. The third kappa shape index (κ3) is 2.85. The SMILES string of the molecule is COCC1CC2C=CC1N(CCc1coc3ccc(OC)cc13)C2. The molecule has 0 N–H and O–H groups in total. The van der Waals surface area contributed by atoms with Crippen LogP contribution < -0.4 is 4.74 Å². The number of hydrogen-bond acceptors (Lipinski definition) is 4. The highest BCUT2D eigenvalue weighted by Gasteiger charge is 2.36. The molecule has 4 nitrogen and oxygen atoms in total. The number of hydrogen-bond donors (Lipinski definition) is 0. The zero-order valence-electron chi connectivity index (χ0n) is 14.4. The van der Waals surface area contributed by atoms with E-state index in [-0.39, 0.29) is 0 Å². The van der Waals surface area contributed by atoms with Crippen molar-refractivity contribution in [1.29, 1.82) is 0 Å². The van der Waals surface area contributed by atoms with Gasteiger partial charge in [0.05, 0.1) is 20.0 Å². The van der Waals surface area contributed by atoms with Crippen LogP contribution in [0.2, 0.25) is 0 Å². The molecule has 24 heavy (non-hydrogen) atoms. The summed E-state index contributed by atoms with van der Waals surface area (Å²) in [4.78, 5) is 2.61. The predicted octanol–water partition coefficient (Wildman–Crippen LogP) is 3.51. The van der Waals surface area contributed by atoms with E-state index >= 15 is 0 Å². The minimum atomic E-state index is 0.516. The molecule has 0 saturated carbocycles. The predicted molar refractivity (Wildman–Crippen MR) is 94.4 cm³/mol. The van der Waals surface area contributed by atoms with Crippen molar-refractivity contribution >= 4 is 11.0 Å². The second kappa shape index (κ2) is 6.61. The molecule has 1 fully saturated rings. The minimum Gasteiger partial charge on any atom is -0.497 e. The number of ether oxygens (including phenoxy) is 2. The number of fused-ring (bicyclic) bond motifs is 3. The van der Waals surface area contributed by atoms with Crippen LogP contribution in [-0.2, 0) is 11.2 Å². The summed E-state index contributed by atoms with van der Waals surface area (Å²) in [6.45, 7) is 3.08. The summed E-state index contributed by atoms with van der Waals surface area (Å²) in [6.07, 6.45) is 8.94. The normalized spacial score (nSPS) is 26.3. The monoisotopic (exact) mass is 327 g/mol. The van der Waals surface area contributed by atoms with Crippen LogP contribution in [0.1, 0.15) is 12.0 Å². The summed E-state index contributed by atoms with van der Waals surface area (Å²) in [5.74, 6) is 2.18. The van der Waals surface area contributed by atoms with E-state index < -0.39 is 0 Å². The van der Waals surface area contributed by atoms with E-state index in [0.717, 1.165) is 30.9 Å². The summed E-state index contributed by atoms with van der Waals surface area (Å²) in [7, 11) is 3.51. The molecule has 1 saturated heterocycles. The molecule has 2 bridgehead atoms. The first-order chi connectivity index (χ1) is 11.8. The first-order valence-corrected chi connectivity index (χ1v) is 8.74. The minimum absolute atomic E-state index is 0.516. The molecule has 3 unspecified atom stereocenters. The molecule has 4 heteroatoms. The Hall–Kier alpha value is -1.78. The van der Waals surface area contributed by atoms with Gasteiger partial charge in [-0.2, -0.15) is 0 Å². The van der Waals surface area contributed by atoms with Gasteiger partial charge in [0.1, 0.15) is 11.3 Å². The van der Waals surface area contributed by atoms with E-state index in [1.54, 1.807) is 14.2 Å². The zero-order chi connectivity index (χ0) is 16.5. The first-order valence-electron chi connectivity index (χ1n) is 8.74. The van der Waals surface area contributed by atoms with Crippen LogP contribution >= 0.6 is 0 Å². The summed E-state index contributed by atoms with van der Waals surface area (Å²) in [5, 5.41) is 1.17. The van der Waals surface area contributed by atoms with Gasteiger partial charge in [-0.1, -0.05) is 12.2 Å². The molecule has 0 spiro atoms. The molecular weight excluding hydrogens is 302 g/mol. The number of rotatable bonds is 6. The lowest BCUT2D eigenvalue weighted by molar-refractivity contribution is 0.0342. The van der Waals surface area contributed by atoms with Crippen molar-refractivity contribution in [2.75, 3.05) is 33.9 Å². The Morgan fingerprint density at radius 1 is 1.25 bits per heavy atom. The van der Waals surface area contributed by atoms with Crippen LogP contribution in [-0.4, -0.2) is 44.9 Å². The van der Waals surface area contributed by atoms with Gasteiger partial charge in [0.25, 0.3) is 0 Å². The largest absolute Gasteiger partial charge is 0.497 e. The molecule has 1 aromatic heterocycles. The van der Waals surface area contributed by atoms with Crippen LogP contribution in [0.3, 0.4) is 0 Å². The van der Waals surface area contributed by atoms with E-state index in [0.29, 0.717) is 17.9 Å². The van der Waals surface area contributed by atoms with Gasteiger partial charge in [-0.3, -0.25) is 4.90 Å². The van der Waals surface area contributed by atoms with E-state index in [1.807, 2.05) is 18.4 Å². The third-order valence-electron chi connectivity index (χ3n) is 5.47. The summed E-state index contributed by atoms with van der Waals surface area (Å²) in [5.41, 5.74) is 2.20. The maximum atomic E-state index is 5.70. The van der Waals surface area contributed by atoms with Gasteiger partial charge in [-0.15, -0.1) is 0 Å². The fourth-order valence-corrected chi connectivity index (χ4v) is 4.28.